The van der Waals surface area contributed by atoms with Crippen molar-refractivity contribution in [3.63, 3.8) is 0 Å². The molecule has 0 spiro atoms. The molecule has 1 saturated heterocycles. The van der Waals surface area contributed by atoms with Crippen LogP contribution in [0.5, 0.6) is 0 Å². The van der Waals surface area contributed by atoms with E-state index in [4.69, 9.17) is 0 Å². The van der Waals surface area contributed by atoms with Crippen molar-refractivity contribution >= 4 is 33.6 Å². The minimum absolute atomic E-state index is 0. The quantitative estimate of drug-likeness (QED) is 0.868. The standard InChI is InChI=1S/C17H21N3O2S.ClH/c1-18-16-13-14(20-11-9-19-10-12-20)7-8-17(16)23(21,22)15-5-3-2-4-6-15;/h2-8,13,18-19H,9-12H2,1H3;1H. The zero-order valence-electron chi connectivity index (χ0n) is 13.5. The van der Waals surface area contributed by atoms with Gasteiger partial charge in [0.1, 0.15) is 0 Å². The lowest BCUT2D eigenvalue weighted by Crippen LogP contribution is -2.43. The highest BCUT2D eigenvalue weighted by molar-refractivity contribution is 7.91. The monoisotopic (exact) mass is 367 g/mol. The summed E-state index contributed by atoms with van der Waals surface area (Å²) in [4.78, 5) is 2.88. The molecule has 24 heavy (non-hydrogen) atoms. The summed E-state index contributed by atoms with van der Waals surface area (Å²) in [6.07, 6.45) is 0. The van der Waals surface area contributed by atoms with E-state index in [-0.39, 0.29) is 12.4 Å². The van der Waals surface area contributed by atoms with Crippen LogP contribution < -0.4 is 15.5 Å². The zero-order valence-corrected chi connectivity index (χ0v) is 15.2. The largest absolute Gasteiger partial charge is 0.387 e. The van der Waals surface area contributed by atoms with E-state index in [1.807, 2.05) is 18.2 Å². The van der Waals surface area contributed by atoms with Gasteiger partial charge in [-0.25, -0.2) is 8.42 Å². The van der Waals surface area contributed by atoms with Crippen LogP contribution >= 0.6 is 12.4 Å². The van der Waals surface area contributed by atoms with Gasteiger partial charge in [0, 0.05) is 38.9 Å². The molecule has 1 aliphatic rings. The van der Waals surface area contributed by atoms with E-state index in [0.29, 0.717) is 15.5 Å². The molecule has 1 fully saturated rings. The number of nitrogens with zero attached hydrogens (tertiary/aromatic N) is 1. The predicted octanol–water partition coefficient (Wildman–Crippen LogP) is 2.39. The zero-order chi connectivity index (χ0) is 16.3. The maximum Gasteiger partial charge on any atom is 0.208 e. The average molecular weight is 368 g/mol. The topological polar surface area (TPSA) is 61.4 Å². The van der Waals surface area contributed by atoms with Crippen LogP contribution in [0.3, 0.4) is 0 Å². The van der Waals surface area contributed by atoms with Gasteiger partial charge in [-0.1, -0.05) is 18.2 Å². The number of hydrogen-bond donors (Lipinski definition) is 2. The molecule has 0 radical (unpaired) electrons. The summed E-state index contributed by atoms with van der Waals surface area (Å²) in [7, 11) is -1.77. The number of sulfone groups is 1. The maximum atomic E-state index is 12.8. The number of rotatable bonds is 4. The van der Waals surface area contributed by atoms with Crippen LogP contribution in [-0.2, 0) is 9.84 Å². The first-order valence-corrected chi connectivity index (χ1v) is 9.19. The van der Waals surface area contributed by atoms with Gasteiger partial charge in [-0.15, -0.1) is 12.4 Å². The molecule has 0 saturated carbocycles. The third kappa shape index (κ3) is 3.66. The summed E-state index contributed by atoms with van der Waals surface area (Å²) in [6.45, 7) is 3.74. The molecular formula is C17H22ClN3O2S. The molecule has 130 valence electrons. The van der Waals surface area contributed by atoms with Gasteiger partial charge in [0.2, 0.25) is 9.84 Å². The SMILES string of the molecule is CNc1cc(N2CCNCC2)ccc1S(=O)(=O)c1ccccc1.Cl. The van der Waals surface area contributed by atoms with E-state index in [9.17, 15) is 8.42 Å². The number of halogens is 1. The van der Waals surface area contributed by atoms with E-state index >= 15 is 0 Å². The molecule has 0 unspecified atom stereocenters. The van der Waals surface area contributed by atoms with E-state index < -0.39 is 9.84 Å². The highest BCUT2D eigenvalue weighted by Gasteiger charge is 2.22. The normalized spacial score (nSPS) is 14.8. The Morgan fingerprint density at radius 3 is 2.33 bits per heavy atom. The second-order valence-electron chi connectivity index (χ2n) is 5.48. The summed E-state index contributed by atoms with van der Waals surface area (Å²) in [5, 5.41) is 6.35. The summed E-state index contributed by atoms with van der Waals surface area (Å²) in [5.74, 6) is 0. The number of hydrogen-bond acceptors (Lipinski definition) is 5. The van der Waals surface area contributed by atoms with Crippen LogP contribution in [0, 0.1) is 0 Å². The van der Waals surface area contributed by atoms with Crippen LogP contribution in [0.25, 0.3) is 0 Å². The van der Waals surface area contributed by atoms with Gasteiger partial charge < -0.3 is 15.5 Å². The Morgan fingerprint density at radius 1 is 1.04 bits per heavy atom. The summed E-state index contributed by atoms with van der Waals surface area (Å²) in [5.41, 5.74) is 1.67. The van der Waals surface area contributed by atoms with Gasteiger partial charge in [0.05, 0.1) is 15.5 Å². The van der Waals surface area contributed by atoms with Crippen LogP contribution in [0.4, 0.5) is 11.4 Å². The molecular weight excluding hydrogens is 346 g/mol. The molecule has 0 bridgehead atoms. The lowest BCUT2D eigenvalue weighted by Gasteiger charge is -2.30. The molecule has 3 rings (SSSR count). The van der Waals surface area contributed by atoms with Gasteiger partial charge in [-0.3, -0.25) is 0 Å². The third-order valence-electron chi connectivity index (χ3n) is 4.06. The highest BCUT2D eigenvalue weighted by atomic mass is 35.5. The average Bonchev–Trinajstić information content (AvgIpc) is 2.62. The Balaban J connectivity index is 0.00000208. The fourth-order valence-electron chi connectivity index (χ4n) is 2.79. The molecule has 0 atom stereocenters. The van der Waals surface area contributed by atoms with Crippen molar-refractivity contribution < 1.29 is 8.42 Å². The minimum atomic E-state index is -3.52. The Labute approximate surface area is 149 Å². The molecule has 1 aliphatic heterocycles. The van der Waals surface area contributed by atoms with Crippen LogP contribution in [0.1, 0.15) is 0 Å². The number of nitrogens with one attached hydrogen (secondary N) is 2. The first kappa shape index (κ1) is 18.6. The van der Waals surface area contributed by atoms with E-state index in [0.717, 1.165) is 31.9 Å². The second-order valence-corrected chi connectivity index (χ2v) is 7.40. The first-order valence-electron chi connectivity index (χ1n) is 7.70. The van der Waals surface area contributed by atoms with Crippen molar-refractivity contribution in [2.24, 2.45) is 0 Å². The lowest BCUT2D eigenvalue weighted by molar-refractivity contribution is 0.588. The van der Waals surface area contributed by atoms with Gasteiger partial charge in [-0.2, -0.15) is 0 Å². The third-order valence-corrected chi connectivity index (χ3v) is 5.89. The van der Waals surface area contributed by atoms with E-state index in [2.05, 4.69) is 15.5 Å². The van der Waals surface area contributed by atoms with Crippen molar-refractivity contribution in [1.29, 1.82) is 0 Å². The molecule has 2 N–H and O–H groups in total. The van der Waals surface area contributed by atoms with Crippen molar-refractivity contribution in [3.05, 3.63) is 48.5 Å². The maximum absolute atomic E-state index is 12.8. The summed E-state index contributed by atoms with van der Waals surface area (Å²) < 4.78 is 25.7. The molecule has 1 heterocycles. The van der Waals surface area contributed by atoms with Crippen molar-refractivity contribution in [3.8, 4) is 0 Å². The van der Waals surface area contributed by atoms with Crippen LogP contribution in [0.15, 0.2) is 58.3 Å². The molecule has 2 aromatic rings. The molecule has 5 nitrogen and oxygen atoms in total. The predicted molar refractivity (Wildman–Crippen MR) is 100 cm³/mol. The van der Waals surface area contributed by atoms with Crippen molar-refractivity contribution in [2.75, 3.05) is 43.4 Å². The Morgan fingerprint density at radius 2 is 1.71 bits per heavy atom. The number of anilines is 2. The molecule has 0 amide bonds. The van der Waals surface area contributed by atoms with Crippen molar-refractivity contribution in [1.82, 2.24) is 5.32 Å². The summed E-state index contributed by atoms with van der Waals surface area (Å²) >= 11 is 0. The van der Waals surface area contributed by atoms with E-state index in [1.54, 1.807) is 37.4 Å². The number of piperazine rings is 1. The second kappa shape index (κ2) is 7.88. The molecule has 0 aliphatic carbocycles. The molecule has 0 aromatic heterocycles. The van der Waals surface area contributed by atoms with E-state index in [1.165, 1.54) is 0 Å². The van der Waals surface area contributed by atoms with Crippen LogP contribution in [0.2, 0.25) is 0 Å². The van der Waals surface area contributed by atoms with Gasteiger partial charge in [0.15, 0.2) is 0 Å². The van der Waals surface area contributed by atoms with Gasteiger partial charge in [0.25, 0.3) is 0 Å². The van der Waals surface area contributed by atoms with Crippen LogP contribution in [-0.4, -0.2) is 41.6 Å². The molecule has 2 aromatic carbocycles. The fourth-order valence-corrected chi connectivity index (χ4v) is 4.26. The number of benzene rings is 2. The van der Waals surface area contributed by atoms with Crippen molar-refractivity contribution in [2.45, 2.75) is 9.79 Å². The minimum Gasteiger partial charge on any atom is -0.387 e. The fraction of sp³-hybridized carbons (Fsp3) is 0.294. The van der Waals surface area contributed by atoms with Gasteiger partial charge in [-0.05, 0) is 30.3 Å². The Bertz CT molecular complexity index is 776. The van der Waals surface area contributed by atoms with Gasteiger partial charge >= 0.3 is 0 Å². The molecule has 7 heteroatoms. The summed E-state index contributed by atoms with van der Waals surface area (Å²) in [6, 6.07) is 14.0. The Kier molecular flexibility index (Phi) is 6.10. The smallest absolute Gasteiger partial charge is 0.208 e. The highest BCUT2D eigenvalue weighted by Crippen LogP contribution is 2.31. The Hall–Kier alpha value is -1.76. The first-order chi connectivity index (χ1) is 11.1. The lowest BCUT2D eigenvalue weighted by atomic mass is 10.2.